The van der Waals surface area contributed by atoms with Crippen molar-refractivity contribution < 1.29 is 9.53 Å². The molecule has 1 aromatic rings. The number of benzene rings is 1. The van der Waals surface area contributed by atoms with Gasteiger partial charge in [-0.05, 0) is 44.9 Å². The van der Waals surface area contributed by atoms with Crippen LogP contribution >= 0.6 is 0 Å². The second-order valence-corrected chi connectivity index (χ2v) is 6.92. The number of carbonyl (C=O) groups excluding carboxylic acids is 1. The van der Waals surface area contributed by atoms with Crippen molar-refractivity contribution in [2.45, 2.75) is 52.7 Å². The molecule has 0 spiro atoms. The van der Waals surface area contributed by atoms with Crippen molar-refractivity contribution >= 4 is 11.6 Å². The van der Waals surface area contributed by atoms with Crippen LogP contribution in [0.25, 0.3) is 0 Å². The van der Waals surface area contributed by atoms with E-state index in [1.807, 2.05) is 57.7 Å². The van der Waals surface area contributed by atoms with Crippen molar-refractivity contribution in [1.82, 2.24) is 0 Å². The number of anilines is 1. The molecule has 0 saturated carbocycles. The minimum Gasteiger partial charge on any atom is -0.484 e. The monoisotopic (exact) mass is 290 g/mol. The minimum absolute atomic E-state index is 0.0381. The van der Waals surface area contributed by atoms with Gasteiger partial charge >= 0.3 is 0 Å². The van der Waals surface area contributed by atoms with Gasteiger partial charge in [-0.25, -0.2) is 0 Å². The third kappa shape index (κ3) is 3.56. The molecular weight excluding hydrogens is 264 g/mol. The molecule has 116 valence electrons. The maximum absolute atomic E-state index is 12.5. The Balaban J connectivity index is 2.42. The smallest absolute Gasteiger partial charge is 0.229 e. The molecule has 2 N–H and O–H groups in total. The van der Waals surface area contributed by atoms with Gasteiger partial charge in [0, 0.05) is 12.0 Å². The van der Waals surface area contributed by atoms with E-state index >= 15 is 0 Å². The Bertz CT molecular complexity index is 536. The molecule has 0 aliphatic carbocycles. The fourth-order valence-corrected chi connectivity index (χ4v) is 2.66. The number of nitrogens with zero attached hydrogens (tertiary/aromatic N) is 1. The summed E-state index contributed by atoms with van der Waals surface area (Å²) in [5.41, 5.74) is 7.50. The Morgan fingerprint density at radius 2 is 2.05 bits per heavy atom. The van der Waals surface area contributed by atoms with Gasteiger partial charge in [-0.3, -0.25) is 4.79 Å². The lowest BCUT2D eigenvalue weighted by molar-refractivity contribution is -0.122. The number of ether oxygens (including phenoxy) is 1. The Labute approximate surface area is 127 Å². The summed E-state index contributed by atoms with van der Waals surface area (Å²) in [6.07, 6.45) is 0.792. The third-order valence-electron chi connectivity index (χ3n) is 3.56. The first kappa shape index (κ1) is 15.8. The lowest BCUT2D eigenvalue weighted by Crippen LogP contribution is -2.50. The van der Waals surface area contributed by atoms with Gasteiger partial charge in [0.05, 0.1) is 12.2 Å². The zero-order chi connectivity index (χ0) is 15.8. The summed E-state index contributed by atoms with van der Waals surface area (Å²) in [6.45, 7) is 10.4. The molecule has 0 saturated heterocycles. The Kier molecular flexibility index (Phi) is 4.28. The van der Waals surface area contributed by atoms with Crippen LogP contribution < -0.4 is 15.4 Å². The maximum Gasteiger partial charge on any atom is 0.229 e. The van der Waals surface area contributed by atoms with Gasteiger partial charge in [-0.15, -0.1) is 0 Å². The van der Waals surface area contributed by atoms with Gasteiger partial charge in [0.25, 0.3) is 0 Å². The molecule has 1 aliphatic heterocycles. The Hall–Kier alpha value is -1.55. The van der Waals surface area contributed by atoms with Crippen molar-refractivity contribution in [2.24, 2.45) is 11.7 Å². The predicted octanol–water partition coefficient (Wildman–Crippen LogP) is 2.74. The average Bonchev–Trinajstić information content (AvgIpc) is 2.35. The van der Waals surface area contributed by atoms with Gasteiger partial charge in [0.15, 0.2) is 0 Å². The van der Waals surface area contributed by atoms with Crippen molar-refractivity contribution in [3.05, 3.63) is 23.8 Å². The summed E-state index contributed by atoms with van der Waals surface area (Å²) < 4.78 is 6.01. The van der Waals surface area contributed by atoms with Crippen molar-refractivity contribution in [2.75, 3.05) is 11.4 Å². The molecule has 1 unspecified atom stereocenters. The summed E-state index contributed by atoms with van der Waals surface area (Å²) in [5, 5.41) is 0. The summed E-state index contributed by atoms with van der Waals surface area (Å²) in [7, 11) is 0. The summed E-state index contributed by atoms with van der Waals surface area (Å²) in [5.74, 6) is 0.864. The molecule has 1 aliphatic rings. The standard InChI is InChI=1S/C17H26N2O2/c1-11(2)16(20)19-10-17(4,5)21-15-7-6-13(8-12(3)18)9-14(15)19/h6-7,9,11-12H,8,10,18H2,1-5H3. The zero-order valence-electron chi connectivity index (χ0n) is 13.6. The molecule has 0 aromatic heterocycles. The summed E-state index contributed by atoms with van der Waals surface area (Å²) in [6, 6.07) is 6.11. The molecule has 1 heterocycles. The Morgan fingerprint density at radius 3 is 2.62 bits per heavy atom. The number of amides is 1. The molecule has 2 rings (SSSR count). The van der Waals surface area contributed by atoms with Crippen LogP contribution in [-0.4, -0.2) is 24.1 Å². The molecule has 1 atom stereocenters. The topological polar surface area (TPSA) is 55.6 Å². The van der Waals surface area contributed by atoms with Gasteiger partial charge in [-0.2, -0.15) is 0 Å². The van der Waals surface area contributed by atoms with Crippen molar-refractivity contribution in [3.8, 4) is 5.75 Å². The molecule has 0 fully saturated rings. The number of rotatable bonds is 3. The minimum atomic E-state index is -0.375. The molecule has 1 amide bonds. The molecular formula is C17H26N2O2. The highest BCUT2D eigenvalue weighted by molar-refractivity contribution is 5.96. The molecule has 4 heteroatoms. The fourth-order valence-electron chi connectivity index (χ4n) is 2.66. The van der Waals surface area contributed by atoms with E-state index < -0.39 is 0 Å². The normalized spacial score (nSPS) is 18.1. The van der Waals surface area contributed by atoms with Crippen LogP contribution in [0.2, 0.25) is 0 Å². The second-order valence-electron chi connectivity index (χ2n) is 6.92. The molecule has 0 radical (unpaired) electrons. The lowest BCUT2D eigenvalue weighted by Gasteiger charge is -2.40. The number of nitrogens with two attached hydrogens (primary N) is 1. The van der Waals surface area contributed by atoms with E-state index in [4.69, 9.17) is 10.5 Å². The molecule has 0 bridgehead atoms. The first-order valence-corrected chi connectivity index (χ1v) is 7.58. The highest BCUT2D eigenvalue weighted by Crippen LogP contribution is 2.38. The van der Waals surface area contributed by atoms with Crippen molar-refractivity contribution in [1.29, 1.82) is 0 Å². The first-order chi connectivity index (χ1) is 9.69. The van der Waals surface area contributed by atoms with Crippen LogP contribution in [0.4, 0.5) is 5.69 Å². The van der Waals surface area contributed by atoms with Crippen LogP contribution in [0.15, 0.2) is 18.2 Å². The van der Waals surface area contributed by atoms with E-state index in [0.29, 0.717) is 6.54 Å². The van der Waals surface area contributed by atoms with Gasteiger partial charge in [0.2, 0.25) is 5.91 Å². The molecule has 21 heavy (non-hydrogen) atoms. The van der Waals surface area contributed by atoms with E-state index in [2.05, 4.69) is 0 Å². The number of fused-ring (bicyclic) bond motifs is 1. The van der Waals surface area contributed by atoms with Crippen LogP contribution in [0, 0.1) is 5.92 Å². The third-order valence-corrected chi connectivity index (χ3v) is 3.56. The zero-order valence-corrected chi connectivity index (χ0v) is 13.6. The Morgan fingerprint density at radius 1 is 1.38 bits per heavy atom. The highest BCUT2D eigenvalue weighted by Gasteiger charge is 2.35. The van der Waals surface area contributed by atoms with Crippen LogP contribution in [0.3, 0.4) is 0 Å². The van der Waals surface area contributed by atoms with E-state index in [1.54, 1.807) is 0 Å². The van der Waals surface area contributed by atoms with Gasteiger partial charge < -0.3 is 15.4 Å². The largest absolute Gasteiger partial charge is 0.484 e. The average molecular weight is 290 g/mol. The highest BCUT2D eigenvalue weighted by atomic mass is 16.5. The number of hydrogen-bond acceptors (Lipinski definition) is 3. The lowest BCUT2D eigenvalue weighted by atomic mass is 10.00. The number of carbonyl (C=O) groups is 1. The number of hydrogen-bond donors (Lipinski definition) is 1. The summed E-state index contributed by atoms with van der Waals surface area (Å²) >= 11 is 0. The van der Waals surface area contributed by atoms with Crippen LogP contribution in [0.5, 0.6) is 5.75 Å². The summed E-state index contributed by atoms with van der Waals surface area (Å²) in [4.78, 5) is 14.4. The van der Waals surface area contributed by atoms with E-state index in [-0.39, 0.29) is 23.5 Å². The quantitative estimate of drug-likeness (QED) is 0.931. The van der Waals surface area contributed by atoms with Crippen LogP contribution in [-0.2, 0) is 11.2 Å². The van der Waals surface area contributed by atoms with E-state index in [1.165, 1.54) is 0 Å². The fraction of sp³-hybridized carbons (Fsp3) is 0.588. The molecule has 1 aromatic carbocycles. The van der Waals surface area contributed by atoms with Crippen molar-refractivity contribution in [3.63, 3.8) is 0 Å². The van der Waals surface area contributed by atoms with E-state index in [9.17, 15) is 4.79 Å². The predicted molar refractivity (Wildman–Crippen MR) is 85.7 cm³/mol. The van der Waals surface area contributed by atoms with E-state index in [0.717, 1.165) is 23.4 Å². The van der Waals surface area contributed by atoms with Gasteiger partial charge in [0.1, 0.15) is 11.4 Å². The first-order valence-electron chi connectivity index (χ1n) is 7.58. The second kappa shape index (κ2) is 5.68. The maximum atomic E-state index is 12.5. The SMILES string of the molecule is CC(N)Cc1ccc2c(c1)N(C(=O)C(C)C)CC(C)(C)O2. The van der Waals surface area contributed by atoms with Crippen LogP contribution in [0.1, 0.15) is 40.2 Å². The molecule has 4 nitrogen and oxygen atoms in total. The van der Waals surface area contributed by atoms with Gasteiger partial charge in [-0.1, -0.05) is 19.9 Å².